The van der Waals surface area contributed by atoms with E-state index < -0.39 is 0 Å². The lowest BCUT2D eigenvalue weighted by Gasteiger charge is -2.32. The molecular weight excluding hydrogens is 733 g/mol. The van der Waals surface area contributed by atoms with Crippen molar-refractivity contribution < 1.29 is 0 Å². The molecule has 334 valence electrons. The highest BCUT2D eigenvalue weighted by molar-refractivity contribution is 5.64. The molecule has 0 unspecified atom stereocenters. The summed E-state index contributed by atoms with van der Waals surface area (Å²) in [5.41, 5.74) is 18.3. The van der Waals surface area contributed by atoms with Gasteiger partial charge in [0.05, 0.1) is 0 Å². The number of hydrogen-bond acceptors (Lipinski definition) is 0. The highest BCUT2D eigenvalue weighted by atomic mass is 14.3. The summed E-state index contributed by atoms with van der Waals surface area (Å²) >= 11 is 0. The Morgan fingerprint density at radius 1 is 0.492 bits per heavy atom. The predicted molar refractivity (Wildman–Crippen MR) is 280 cm³/mol. The molecule has 0 atom stereocenters. The third-order valence-electron chi connectivity index (χ3n) is 9.70. The van der Waals surface area contributed by atoms with Crippen LogP contribution in [0.4, 0.5) is 0 Å². The van der Waals surface area contributed by atoms with Crippen LogP contribution in [0.3, 0.4) is 0 Å². The molecule has 0 fully saturated rings. The molecule has 0 heteroatoms. The SMILES string of the molecule is C.C=C(C)c1ccc(C)c(C(C)(C)C)c1.C=C(CC)c1cccc(CC)c1.CC(C)(C)C.CC(C)(C)C.Cc1ccc(CC(C)(c2cccc(C)c2)c2cccc(C)c2)cc1. The molecule has 0 saturated heterocycles. The Morgan fingerprint density at radius 2 is 0.951 bits per heavy atom. The molecule has 0 heterocycles. The Bertz CT molecular complexity index is 1970. The van der Waals surface area contributed by atoms with E-state index in [0.29, 0.717) is 10.8 Å². The van der Waals surface area contributed by atoms with Crippen molar-refractivity contribution in [2.45, 2.75) is 169 Å². The number of allylic oxidation sites excluding steroid dienone is 2. The fraction of sp³-hybridized carbons (Fsp3) is 0.443. The van der Waals surface area contributed by atoms with Gasteiger partial charge >= 0.3 is 0 Å². The molecule has 0 aliphatic heterocycles. The summed E-state index contributed by atoms with van der Waals surface area (Å²) in [4.78, 5) is 0. The molecule has 0 N–H and O–H groups in total. The van der Waals surface area contributed by atoms with Gasteiger partial charge in [0, 0.05) is 5.41 Å². The molecule has 5 aromatic rings. The first-order valence-electron chi connectivity index (χ1n) is 22.3. The standard InChI is InChI=1S/C24H26.C14H20.C12H16.2C5H12.CH4/c1-18-11-13-21(14-12-18)17-24(4,22-9-5-7-19(2)15-22)23-10-6-8-20(3)16-23;1-10(2)12-8-7-11(3)13(9-12)14(4,5)6;1-4-10(3)12-8-6-7-11(5-2)9-12;2*1-5(2,3)4;/h5-16H,17H2,1-4H3;7-9H,1H2,2-6H3;6-9H,3-5H2,1-2H3;2*1-4H3;1H4. The molecule has 0 nitrogen and oxygen atoms in total. The first-order chi connectivity index (χ1) is 27.6. The fourth-order valence-corrected chi connectivity index (χ4v) is 6.37. The van der Waals surface area contributed by atoms with Crippen LogP contribution in [-0.4, -0.2) is 0 Å². The van der Waals surface area contributed by atoms with E-state index in [1.54, 1.807) is 0 Å². The lowest BCUT2D eigenvalue weighted by atomic mass is 9.71. The summed E-state index contributed by atoms with van der Waals surface area (Å²) in [6, 6.07) is 42.1. The maximum Gasteiger partial charge on any atom is 0.0215 e. The molecule has 0 aromatic heterocycles. The van der Waals surface area contributed by atoms with E-state index in [0.717, 1.165) is 24.8 Å². The molecule has 0 radical (unpaired) electrons. The van der Waals surface area contributed by atoms with Crippen LogP contribution < -0.4 is 0 Å². The van der Waals surface area contributed by atoms with Crippen molar-refractivity contribution in [2.75, 3.05) is 0 Å². The Morgan fingerprint density at radius 3 is 1.34 bits per heavy atom. The Kier molecular flexibility index (Phi) is 23.7. The van der Waals surface area contributed by atoms with Crippen molar-refractivity contribution in [3.05, 3.63) is 190 Å². The van der Waals surface area contributed by atoms with Gasteiger partial charge in [0.2, 0.25) is 0 Å². The van der Waals surface area contributed by atoms with Crippen molar-refractivity contribution in [3.63, 3.8) is 0 Å². The zero-order valence-corrected chi connectivity index (χ0v) is 42.0. The van der Waals surface area contributed by atoms with Gasteiger partial charge in [-0.1, -0.05) is 255 Å². The monoisotopic (exact) mass is 823 g/mol. The van der Waals surface area contributed by atoms with E-state index in [1.165, 1.54) is 66.8 Å². The van der Waals surface area contributed by atoms with Gasteiger partial charge in [-0.3, -0.25) is 0 Å². The summed E-state index contributed by atoms with van der Waals surface area (Å²) in [6.45, 7) is 49.6. The topological polar surface area (TPSA) is 0 Å². The molecule has 5 aromatic carbocycles. The van der Waals surface area contributed by atoms with Crippen molar-refractivity contribution in [1.82, 2.24) is 0 Å². The van der Waals surface area contributed by atoms with Gasteiger partial charge in [0.25, 0.3) is 0 Å². The van der Waals surface area contributed by atoms with Crippen LogP contribution in [-0.2, 0) is 23.7 Å². The molecule has 0 bridgehead atoms. The van der Waals surface area contributed by atoms with E-state index in [9.17, 15) is 0 Å². The number of hydrogen-bond donors (Lipinski definition) is 0. The minimum atomic E-state index is -0.0344. The molecule has 0 aliphatic carbocycles. The van der Waals surface area contributed by atoms with Crippen molar-refractivity contribution in [2.24, 2.45) is 10.8 Å². The second-order valence-corrected chi connectivity index (χ2v) is 21.3. The zero-order valence-electron chi connectivity index (χ0n) is 42.0. The molecular formula is C61H90. The summed E-state index contributed by atoms with van der Waals surface area (Å²) in [5.74, 6) is 0. The van der Waals surface area contributed by atoms with Crippen LogP contribution in [0.5, 0.6) is 0 Å². The van der Waals surface area contributed by atoms with Crippen LogP contribution >= 0.6 is 0 Å². The molecule has 0 amide bonds. The van der Waals surface area contributed by atoms with E-state index in [1.807, 2.05) is 0 Å². The quantitative estimate of drug-likeness (QED) is 0.146. The van der Waals surface area contributed by atoms with Gasteiger partial charge in [-0.2, -0.15) is 0 Å². The lowest BCUT2D eigenvalue weighted by Crippen LogP contribution is -2.27. The Labute approximate surface area is 379 Å². The first kappa shape index (κ1) is 56.6. The average Bonchev–Trinajstić information content (AvgIpc) is 3.14. The van der Waals surface area contributed by atoms with Gasteiger partial charge in [-0.15, -0.1) is 0 Å². The molecule has 0 aliphatic rings. The van der Waals surface area contributed by atoms with Crippen LogP contribution in [0.2, 0.25) is 0 Å². The van der Waals surface area contributed by atoms with Crippen molar-refractivity contribution >= 4 is 11.1 Å². The normalized spacial score (nSPS) is 11.1. The third-order valence-corrected chi connectivity index (χ3v) is 9.70. The summed E-state index contributed by atoms with van der Waals surface area (Å²) in [5, 5.41) is 0. The van der Waals surface area contributed by atoms with Gasteiger partial charge in [-0.25, -0.2) is 0 Å². The van der Waals surface area contributed by atoms with Gasteiger partial charge in [-0.05, 0) is 120 Å². The van der Waals surface area contributed by atoms with E-state index in [4.69, 9.17) is 0 Å². The van der Waals surface area contributed by atoms with E-state index >= 15 is 0 Å². The van der Waals surface area contributed by atoms with Crippen LogP contribution in [0.1, 0.15) is 179 Å². The number of benzene rings is 5. The lowest BCUT2D eigenvalue weighted by molar-refractivity contribution is 0.469. The van der Waals surface area contributed by atoms with E-state index in [-0.39, 0.29) is 18.3 Å². The fourth-order valence-electron chi connectivity index (χ4n) is 6.37. The van der Waals surface area contributed by atoms with Crippen molar-refractivity contribution in [3.8, 4) is 0 Å². The summed E-state index contributed by atoms with van der Waals surface area (Å²) < 4.78 is 0. The summed E-state index contributed by atoms with van der Waals surface area (Å²) in [7, 11) is 0. The molecule has 61 heavy (non-hydrogen) atoms. The second-order valence-electron chi connectivity index (χ2n) is 21.3. The van der Waals surface area contributed by atoms with Crippen LogP contribution in [0.15, 0.2) is 128 Å². The maximum absolute atomic E-state index is 4.02. The third kappa shape index (κ3) is 22.8. The van der Waals surface area contributed by atoms with Crippen LogP contribution in [0, 0.1) is 38.5 Å². The average molecular weight is 823 g/mol. The van der Waals surface area contributed by atoms with Gasteiger partial charge in [0.15, 0.2) is 0 Å². The highest BCUT2D eigenvalue weighted by Crippen LogP contribution is 2.36. The van der Waals surface area contributed by atoms with Gasteiger partial charge < -0.3 is 0 Å². The minimum Gasteiger partial charge on any atom is -0.0955 e. The van der Waals surface area contributed by atoms with Crippen molar-refractivity contribution in [1.29, 1.82) is 0 Å². The molecule has 0 saturated carbocycles. The highest BCUT2D eigenvalue weighted by Gasteiger charge is 2.29. The molecule has 5 rings (SSSR count). The first-order valence-corrected chi connectivity index (χ1v) is 22.3. The Hall–Kier alpha value is -4.42. The largest absolute Gasteiger partial charge is 0.0955 e. The summed E-state index contributed by atoms with van der Waals surface area (Å²) in [6.07, 6.45) is 3.14. The zero-order chi connectivity index (χ0) is 46.1. The predicted octanol–water partition coefficient (Wildman–Crippen LogP) is 18.9. The Balaban J connectivity index is 0.000000833. The second kappa shape index (κ2) is 25.5. The maximum atomic E-state index is 4.02. The number of rotatable bonds is 8. The minimum absolute atomic E-state index is 0. The van der Waals surface area contributed by atoms with Crippen LogP contribution in [0.25, 0.3) is 11.1 Å². The van der Waals surface area contributed by atoms with E-state index in [2.05, 4.69) is 260 Å². The smallest absolute Gasteiger partial charge is 0.0215 e. The molecule has 0 spiro atoms. The van der Waals surface area contributed by atoms with Gasteiger partial charge in [0.1, 0.15) is 0 Å². The number of aryl methyl sites for hydroxylation is 5.